The molecule has 31 heavy (non-hydrogen) atoms. The second-order valence-electron chi connectivity index (χ2n) is 6.64. The first kappa shape index (κ1) is 22.1. The molecule has 3 rings (SSSR count). The Bertz CT molecular complexity index is 1020. The zero-order valence-electron chi connectivity index (χ0n) is 17.0. The van der Waals surface area contributed by atoms with E-state index in [-0.39, 0.29) is 24.2 Å². The third kappa shape index (κ3) is 5.13. The third-order valence-corrected chi connectivity index (χ3v) is 4.39. The summed E-state index contributed by atoms with van der Waals surface area (Å²) in [6, 6.07) is 2.81. The molecule has 164 valence electrons. The summed E-state index contributed by atoms with van der Waals surface area (Å²) in [6.07, 6.45) is -0.247. The number of ether oxygens (including phenoxy) is 1. The van der Waals surface area contributed by atoms with Gasteiger partial charge in [-0.2, -0.15) is 23.4 Å². The molecule has 0 N–H and O–H groups in total. The van der Waals surface area contributed by atoms with Crippen LogP contribution in [0.1, 0.15) is 35.6 Å². The molecule has 9 nitrogen and oxygen atoms in total. The summed E-state index contributed by atoms with van der Waals surface area (Å²) in [5, 5.41) is 8.13. The highest BCUT2D eigenvalue weighted by molar-refractivity contribution is 5.96. The number of aryl methyl sites for hydroxylation is 1. The molecule has 0 aliphatic rings. The highest BCUT2D eigenvalue weighted by atomic mass is 19.4. The molecule has 0 aromatic carbocycles. The molecule has 3 aromatic heterocycles. The van der Waals surface area contributed by atoms with Gasteiger partial charge in [0.25, 0.3) is 5.91 Å². The third-order valence-electron chi connectivity index (χ3n) is 4.39. The van der Waals surface area contributed by atoms with E-state index < -0.39 is 17.8 Å². The number of amides is 1. The van der Waals surface area contributed by atoms with E-state index in [4.69, 9.17) is 4.74 Å². The summed E-state index contributed by atoms with van der Waals surface area (Å²) in [7, 11) is 0. The number of carbonyl (C=O) groups is 1. The number of alkyl halides is 3. The van der Waals surface area contributed by atoms with Crippen LogP contribution in [0.15, 0.2) is 36.9 Å². The van der Waals surface area contributed by atoms with Crippen molar-refractivity contribution in [3.63, 3.8) is 0 Å². The van der Waals surface area contributed by atoms with E-state index in [0.717, 1.165) is 0 Å². The van der Waals surface area contributed by atoms with Crippen LogP contribution in [-0.2, 0) is 6.18 Å². The number of hydrogen-bond acceptors (Lipinski definition) is 7. The lowest BCUT2D eigenvalue weighted by molar-refractivity contribution is -0.138. The van der Waals surface area contributed by atoms with Crippen molar-refractivity contribution >= 4 is 5.91 Å². The highest BCUT2D eigenvalue weighted by Crippen LogP contribution is 2.28. The largest absolute Gasteiger partial charge is 0.461 e. The molecular weight excluding hydrogens is 415 g/mol. The van der Waals surface area contributed by atoms with Crippen molar-refractivity contribution in [2.24, 2.45) is 0 Å². The maximum Gasteiger partial charge on any atom is 0.419 e. The topological polar surface area (TPSA) is 98.9 Å². The van der Waals surface area contributed by atoms with Crippen LogP contribution in [0.2, 0.25) is 0 Å². The lowest BCUT2D eigenvalue weighted by Gasteiger charge is -2.28. The molecule has 0 bridgehead atoms. The molecule has 0 spiro atoms. The van der Waals surface area contributed by atoms with Crippen LogP contribution in [0.5, 0.6) is 6.01 Å². The van der Waals surface area contributed by atoms with Crippen LogP contribution in [0.3, 0.4) is 0 Å². The standard InChI is InChI=1S/C19H20F3N7O2/c1-4-28(13(3)11-31-18-23-9-14(10-24-18)19(20,21)22)17(30)16-15(6-5-12(2)27-16)29-25-7-8-26-29/h5-10,13H,4,11H2,1-3H3/t13-/m0/s1. The molecule has 0 radical (unpaired) electrons. The van der Waals surface area contributed by atoms with Gasteiger partial charge in [-0.25, -0.2) is 15.0 Å². The van der Waals surface area contributed by atoms with Crippen molar-refractivity contribution in [2.75, 3.05) is 13.2 Å². The quantitative estimate of drug-likeness (QED) is 0.563. The number of rotatable bonds is 7. The van der Waals surface area contributed by atoms with Crippen molar-refractivity contribution in [3.8, 4) is 11.7 Å². The smallest absolute Gasteiger partial charge is 0.419 e. The summed E-state index contributed by atoms with van der Waals surface area (Å²) in [5.41, 5.74) is 0.287. The van der Waals surface area contributed by atoms with Crippen LogP contribution < -0.4 is 4.74 Å². The number of pyridine rings is 1. The van der Waals surface area contributed by atoms with E-state index in [1.54, 1.807) is 32.9 Å². The molecule has 0 fully saturated rings. The lowest BCUT2D eigenvalue weighted by atomic mass is 10.2. The van der Waals surface area contributed by atoms with Crippen LogP contribution in [-0.4, -0.2) is 59.9 Å². The second kappa shape index (κ2) is 9.06. The molecule has 0 aliphatic carbocycles. The predicted octanol–water partition coefficient (Wildman–Crippen LogP) is 2.71. The fraction of sp³-hybridized carbons (Fsp3) is 0.368. The van der Waals surface area contributed by atoms with Crippen LogP contribution in [0.25, 0.3) is 5.69 Å². The number of carbonyl (C=O) groups excluding carboxylic acids is 1. The van der Waals surface area contributed by atoms with Gasteiger partial charge in [-0.05, 0) is 32.9 Å². The van der Waals surface area contributed by atoms with Gasteiger partial charge in [-0.15, -0.1) is 4.80 Å². The molecule has 0 aliphatic heterocycles. The summed E-state index contributed by atoms with van der Waals surface area (Å²) in [6.45, 7) is 5.63. The maximum absolute atomic E-state index is 13.2. The van der Waals surface area contributed by atoms with Crippen LogP contribution >= 0.6 is 0 Å². The van der Waals surface area contributed by atoms with Gasteiger partial charge in [0.1, 0.15) is 12.3 Å². The Kier molecular flexibility index (Phi) is 6.47. The highest BCUT2D eigenvalue weighted by Gasteiger charge is 2.31. The van der Waals surface area contributed by atoms with E-state index in [1.807, 2.05) is 0 Å². The molecule has 3 heterocycles. The fourth-order valence-corrected chi connectivity index (χ4v) is 2.82. The number of nitrogens with zero attached hydrogens (tertiary/aromatic N) is 7. The first-order valence-electron chi connectivity index (χ1n) is 9.38. The maximum atomic E-state index is 13.2. The zero-order chi connectivity index (χ0) is 22.6. The summed E-state index contributed by atoms with van der Waals surface area (Å²) in [5.74, 6) is -0.358. The summed E-state index contributed by atoms with van der Waals surface area (Å²) in [4.78, 5) is 27.6. The average Bonchev–Trinajstić information content (AvgIpc) is 3.27. The minimum atomic E-state index is -4.53. The van der Waals surface area contributed by atoms with E-state index in [1.165, 1.54) is 22.1 Å². The second-order valence-corrected chi connectivity index (χ2v) is 6.64. The number of aromatic nitrogens is 6. The SMILES string of the molecule is CCN(C(=O)c1nc(C)ccc1-n1nccn1)[C@@H](C)COc1ncc(C(F)(F)F)cn1. The molecule has 0 unspecified atom stereocenters. The summed E-state index contributed by atoms with van der Waals surface area (Å²) < 4.78 is 43.2. The zero-order valence-corrected chi connectivity index (χ0v) is 17.0. The first-order chi connectivity index (χ1) is 14.7. The lowest BCUT2D eigenvalue weighted by Crippen LogP contribution is -2.42. The van der Waals surface area contributed by atoms with Crippen molar-refractivity contribution < 1.29 is 22.7 Å². The number of hydrogen-bond donors (Lipinski definition) is 0. The van der Waals surface area contributed by atoms with E-state index in [2.05, 4.69) is 25.1 Å². The predicted molar refractivity (Wildman–Crippen MR) is 103 cm³/mol. The Balaban J connectivity index is 1.74. The molecule has 3 aromatic rings. The number of halogens is 3. The summed E-state index contributed by atoms with van der Waals surface area (Å²) >= 11 is 0. The van der Waals surface area contributed by atoms with Gasteiger partial charge < -0.3 is 9.64 Å². The molecule has 0 saturated carbocycles. The minimum absolute atomic E-state index is 0.0217. The van der Waals surface area contributed by atoms with E-state index in [9.17, 15) is 18.0 Å². The Morgan fingerprint density at radius 2 is 1.84 bits per heavy atom. The van der Waals surface area contributed by atoms with Crippen molar-refractivity contribution in [2.45, 2.75) is 33.0 Å². The Hall–Kier alpha value is -3.57. The van der Waals surface area contributed by atoms with Crippen molar-refractivity contribution in [1.82, 2.24) is 34.8 Å². The van der Waals surface area contributed by atoms with Gasteiger partial charge in [0.2, 0.25) is 0 Å². The Morgan fingerprint density at radius 1 is 1.19 bits per heavy atom. The molecular formula is C19H20F3N7O2. The monoisotopic (exact) mass is 435 g/mol. The fourth-order valence-electron chi connectivity index (χ4n) is 2.82. The molecule has 1 amide bonds. The van der Waals surface area contributed by atoms with E-state index >= 15 is 0 Å². The van der Waals surface area contributed by atoms with Crippen LogP contribution in [0, 0.1) is 6.92 Å². The Labute approximate surface area is 175 Å². The van der Waals surface area contributed by atoms with E-state index in [0.29, 0.717) is 30.3 Å². The number of likely N-dealkylation sites (N-methyl/N-ethyl adjacent to an activating group) is 1. The van der Waals surface area contributed by atoms with Gasteiger partial charge in [-0.3, -0.25) is 4.79 Å². The van der Waals surface area contributed by atoms with Crippen molar-refractivity contribution in [1.29, 1.82) is 0 Å². The normalized spacial score (nSPS) is 12.5. The van der Waals surface area contributed by atoms with Gasteiger partial charge in [0.15, 0.2) is 5.69 Å². The van der Waals surface area contributed by atoms with Gasteiger partial charge in [0.05, 0.1) is 24.0 Å². The van der Waals surface area contributed by atoms with Gasteiger partial charge in [0, 0.05) is 24.6 Å². The molecule has 12 heteroatoms. The average molecular weight is 435 g/mol. The van der Waals surface area contributed by atoms with Gasteiger partial charge in [-0.1, -0.05) is 0 Å². The van der Waals surface area contributed by atoms with Crippen molar-refractivity contribution in [3.05, 3.63) is 53.9 Å². The minimum Gasteiger partial charge on any atom is -0.461 e. The first-order valence-corrected chi connectivity index (χ1v) is 9.38. The molecule has 0 saturated heterocycles. The molecule has 1 atom stereocenters. The Morgan fingerprint density at radius 3 is 2.42 bits per heavy atom. The van der Waals surface area contributed by atoms with Gasteiger partial charge >= 0.3 is 12.2 Å². The van der Waals surface area contributed by atoms with Crippen LogP contribution in [0.4, 0.5) is 13.2 Å².